The highest BCUT2D eigenvalue weighted by Gasteiger charge is 2.19. The van der Waals surface area contributed by atoms with E-state index >= 15 is 0 Å². The van der Waals surface area contributed by atoms with Crippen molar-refractivity contribution < 1.29 is 13.6 Å². The van der Waals surface area contributed by atoms with E-state index in [0.29, 0.717) is 32.4 Å². The van der Waals surface area contributed by atoms with Crippen molar-refractivity contribution in [1.82, 2.24) is 15.2 Å². The van der Waals surface area contributed by atoms with E-state index in [0.717, 1.165) is 16.6 Å². The summed E-state index contributed by atoms with van der Waals surface area (Å²) < 4.78 is 18.8. The van der Waals surface area contributed by atoms with Gasteiger partial charge in [0.25, 0.3) is 5.22 Å². The third-order valence-electron chi connectivity index (χ3n) is 4.29. The molecule has 0 bridgehead atoms. The number of rotatable bonds is 6. The van der Waals surface area contributed by atoms with Gasteiger partial charge in [0, 0.05) is 16.6 Å². The molecule has 0 saturated heterocycles. The number of benzene rings is 1. The molecule has 1 N–H and O–H groups in total. The largest absolute Gasteiger partial charge is 0.411 e. The Morgan fingerprint density at radius 1 is 1.25 bits per heavy atom. The van der Waals surface area contributed by atoms with Gasteiger partial charge in [-0.15, -0.1) is 21.5 Å². The number of aryl methyl sites for hydroxylation is 1. The molecule has 0 aliphatic heterocycles. The van der Waals surface area contributed by atoms with Crippen LogP contribution in [0.4, 0.5) is 9.39 Å². The molecule has 1 amide bonds. The van der Waals surface area contributed by atoms with Gasteiger partial charge in [0.1, 0.15) is 22.0 Å². The van der Waals surface area contributed by atoms with Crippen molar-refractivity contribution in [3.63, 3.8) is 0 Å². The second-order valence-corrected chi connectivity index (χ2v) is 8.97. The van der Waals surface area contributed by atoms with Crippen molar-refractivity contribution in [3.8, 4) is 28.7 Å². The molecule has 0 saturated carbocycles. The maximum Gasteiger partial charge on any atom is 0.277 e. The van der Waals surface area contributed by atoms with Crippen LogP contribution in [0.5, 0.6) is 0 Å². The van der Waals surface area contributed by atoms with Gasteiger partial charge in [0.05, 0.1) is 16.9 Å². The zero-order valence-electron chi connectivity index (χ0n) is 16.4. The van der Waals surface area contributed by atoms with Crippen LogP contribution in [0.2, 0.25) is 5.15 Å². The second kappa shape index (κ2) is 9.48. The fraction of sp³-hybridized carbons (Fsp3) is 0.0952. The molecule has 0 aliphatic rings. The molecule has 4 aromatic rings. The number of hydrogen-bond donors (Lipinski definition) is 1. The number of pyridine rings is 1. The van der Waals surface area contributed by atoms with Gasteiger partial charge in [0.2, 0.25) is 11.8 Å². The molecule has 0 fully saturated rings. The highest BCUT2D eigenvalue weighted by molar-refractivity contribution is 7.99. The molecule has 3 aromatic heterocycles. The SMILES string of the molecule is Cc1sc(NC(=O)CSc2nnc(-c3ccc(Cl)nc3)o2)c(C#N)c1-c1ccc(F)cc1. The van der Waals surface area contributed by atoms with Crippen molar-refractivity contribution in [2.45, 2.75) is 12.1 Å². The Bertz CT molecular complexity index is 1310. The van der Waals surface area contributed by atoms with E-state index in [4.69, 9.17) is 16.0 Å². The summed E-state index contributed by atoms with van der Waals surface area (Å²) in [6.45, 7) is 1.85. The summed E-state index contributed by atoms with van der Waals surface area (Å²) >= 11 is 8.13. The van der Waals surface area contributed by atoms with Crippen LogP contribution in [0, 0.1) is 24.1 Å². The Morgan fingerprint density at radius 3 is 2.69 bits per heavy atom. The number of carbonyl (C=O) groups excluding carboxylic acids is 1. The molecular weight excluding hydrogens is 473 g/mol. The number of amides is 1. The third kappa shape index (κ3) is 4.80. The zero-order chi connectivity index (χ0) is 22.7. The van der Waals surface area contributed by atoms with Crippen LogP contribution in [0.1, 0.15) is 10.4 Å². The summed E-state index contributed by atoms with van der Waals surface area (Å²) in [7, 11) is 0. The normalized spacial score (nSPS) is 10.7. The number of nitriles is 1. The Kier molecular flexibility index (Phi) is 6.50. The van der Waals surface area contributed by atoms with Crippen LogP contribution in [0.15, 0.2) is 52.2 Å². The summed E-state index contributed by atoms with van der Waals surface area (Å²) in [6.07, 6.45) is 1.51. The lowest BCUT2D eigenvalue weighted by molar-refractivity contribution is -0.113. The highest BCUT2D eigenvalue weighted by atomic mass is 35.5. The second-order valence-electron chi connectivity index (χ2n) is 6.44. The summed E-state index contributed by atoms with van der Waals surface area (Å²) in [5.41, 5.74) is 2.34. The summed E-state index contributed by atoms with van der Waals surface area (Å²) in [6, 6.07) is 11.3. The van der Waals surface area contributed by atoms with Gasteiger partial charge in [-0.3, -0.25) is 4.79 Å². The summed E-state index contributed by atoms with van der Waals surface area (Å²) in [4.78, 5) is 17.3. The van der Waals surface area contributed by atoms with Gasteiger partial charge in [0.15, 0.2) is 0 Å². The molecule has 160 valence electrons. The number of thioether (sulfide) groups is 1. The quantitative estimate of drug-likeness (QED) is 0.281. The molecule has 11 heteroatoms. The van der Waals surface area contributed by atoms with E-state index in [9.17, 15) is 14.4 Å². The highest BCUT2D eigenvalue weighted by Crippen LogP contribution is 2.39. The summed E-state index contributed by atoms with van der Waals surface area (Å²) in [5, 5.41) is 21.3. The molecule has 0 radical (unpaired) electrons. The van der Waals surface area contributed by atoms with Gasteiger partial charge in [-0.1, -0.05) is 35.5 Å². The number of hydrogen-bond acceptors (Lipinski definition) is 8. The zero-order valence-corrected chi connectivity index (χ0v) is 18.8. The molecule has 0 aliphatic carbocycles. The molecule has 7 nitrogen and oxygen atoms in total. The van der Waals surface area contributed by atoms with E-state index in [1.807, 2.05) is 6.92 Å². The predicted molar refractivity (Wildman–Crippen MR) is 121 cm³/mol. The van der Waals surface area contributed by atoms with Crippen LogP contribution in [0.25, 0.3) is 22.6 Å². The number of aromatic nitrogens is 3. The fourth-order valence-electron chi connectivity index (χ4n) is 2.88. The monoisotopic (exact) mass is 485 g/mol. The number of halogens is 2. The van der Waals surface area contributed by atoms with E-state index in [1.54, 1.807) is 24.3 Å². The standard InChI is InChI=1S/C21H13ClFN5O2S2/c1-11-18(12-2-5-14(23)6-3-12)15(8-24)20(32-11)26-17(29)10-31-21-28-27-19(30-21)13-4-7-16(22)25-9-13/h2-7,9H,10H2,1H3,(H,26,29). The van der Waals surface area contributed by atoms with Crippen LogP contribution < -0.4 is 5.32 Å². The topological polar surface area (TPSA) is 105 Å². The van der Waals surface area contributed by atoms with Crippen LogP contribution in [0.3, 0.4) is 0 Å². The fourth-order valence-corrected chi connectivity index (χ4v) is 4.60. The van der Waals surface area contributed by atoms with Crippen molar-refractivity contribution in [1.29, 1.82) is 5.26 Å². The van der Waals surface area contributed by atoms with Crippen molar-refractivity contribution in [2.75, 3.05) is 11.1 Å². The lowest BCUT2D eigenvalue weighted by Crippen LogP contribution is -2.13. The molecule has 4 rings (SSSR count). The van der Waals surface area contributed by atoms with E-state index in [1.165, 1.54) is 29.7 Å². The molecule has 32 heavy (non-hydrogen) atoms. The Morgan fingerprint density at radius 2 is 2.00 bits per heavy atom. The van der Waals surface area contributed by atoms with Crippen molar-refractivity contribution in [3.05, 3.63) is 64.0 Å². The molecule has 3 heterocycles. The number of anilines is 1. The number of thiophene rings is 1. The first-order chi connectivity index (χ1) is 15.4. The lowest BCUT2D eigenvalue weighted by atomic mass is 10.0. The first kappa shape index (κ1) is 22.0. The van der Waals surface area contributed by atoms with Crippen LogP contribution in [-0.4, -0.2) is 26.8 Å². The van der Waals surface area contributed by atoms with Crippen LogP contribution >= 0.6 is 34.7 Å². The number of nitrogens with one attached hydrogen (secondary N) is 1. The van der Waals surface area contributed by atoms with Gasteiger partial charge < -0.3 is 9.73 Å². The first-order valence-corrected chi connectivity index (χ1v) is 11.3. The smallest absolute Gasteiger partial charge is 0.277 e. The minimum Gasteiger partial charge on any atom is -0.411 e. The Labute approximate surface area is 195 Å². The lowest BCUT2D eigenvalue weighted by Gasteiger charge is -2.03. The average Bonchev–Trinajstić information content (AvgIpc) is 3.37. The van der Waals surface area contributed by atoms with Crippen LogP contribution in [-0.2, 0) is 4.79 Å². The molecule has 0 atom stereocenters. The Balaban J connectivity index is 1.44. The Hall–Kier alpha value is -3.26. The number of nitrogens with zero attached hydrogens (tertiary/aromatic N) is 4. The van der Waals surface area contributed by atoms with Gasteiger partial charge >= 0.3 is 0 Å². The first-order valence-electron chi connectivity index (χ1n) is 9.12. The maximum atomic E-state index is 13.3. The van der Waals surface area contributed by atoms with Gasteiger partial charge in [-0.05, 0) is 36.8 Å². The van der Waals surface area contributed by atoms with Gasteiger partial charge in [-0.2, -0.15) is 5.26 Å². The predicted octanol–water partition coefficient (Wildman–Crippen LogP) is 5.56. The van der Waals surface area contributed by atoms with E-state index in [-0.39, 0.29) is 28.6 Å². The van der Waals surface area contributed by atoms with Crippen molar-refractivity contribution >= 4 is 45.6 Å². The minimum atomic E-state index is -0.359. The molecule has 1 aromatic carbocycles. The third-order valence-corrected chi connectivity index (χ3v) is 6.35. The molecular formula is C21H13ClFN5O2S2. The average molecular weight is 486 g/mol. The van der Waals surface area contributed by atoms with E-state index in [2.05, 4.69) is 26.6 Å². The maximum absolute atomic E-state index is 13.3. The van der Waals surface area contributed by atoms with Crippen molar-refractivity contribution in [2.24, 2.45) is 0 Å². The number of carbonyl (C=O) groups is 1. The van der Waals surface area contributed by atoms with Gasteiger partial charge in [-0.25, -0.2) is 9.37 Å². The molecule has 0 spiro atoms. The van der Waals surface area contributed by atoms with E-state index < -0.39 is 0 Å². The molecule has 0 unspecified atom stereocenters. The minimum absolute atomic E-state index is 0.00813. The summed E-state index contributed by atoms with van der Waals surface area (Å²) in [5.74, 6) is -0.413.